The number of hydrogen-bond acceptors (Lipinski definition) is 5. The van der Waals surface area contributed by atoms with Crippen molar-refractivity contribution in [1.29, 1.82) is 0 Å². The number of carbonyl (C=O) groups excluding carboxylic acids is 3. The molecular formula is C29H28N2O4. The molecule has 0 unspecified atom stereocenters. The molecule has 1 saturated heterocycles. The Hall–Kier alpha value is -3.41. The molecule has 4 aliphatic carbocycles. The summed E-state index contributed by atoms with van der Waals surface area (Å²) in [6.07, 6.45) is 6.83. The van der Waals surface area contributed by atoms with Crippen LogP contribution in [0.25, 0.3) is 5.57 Å². The molecule has 4 bridgehead atoms. The number of anilines is 2. The average Bonchev–Trinajstić information content (AvgIpc) is 3.16. The summed E-state index contributed by atoms with van der Waals surface area (Å²) in [5.74, 6) is 1.55. The standard InChI is InChI=1S/C29H28N2O4/c32-25-9-10-26(33)31(25)35-27(34)16-30-23-7-3-1-5-21(23)29(22-6-2-4-8-24(22)30)28-19-12-17-11-18(14-19)15-20(28)13-17/h1-8,17-20H,9-16H2. The van der Waals surface area contributed by atoms with Gasteiger partial charge in [0.1, 0.15) is 6.54 Å². The summed E-state index contributed by atoms with van der Waals surface area (Å²) in [7, 11) is 0. The summed E-state index contributed by atoms with van der Waals surface area (Å²) in [4.78, 5) is 44.1. The predicted molar refractivity (Wildman–Crippen MR) is 130 cm³/mol. The second-order valence-corrected chi connectivity index (χ2v) is 10.8. The van der Waals surface area contributed by atoms with Crippen LogP contribution >= 0.6 is 0 Å². The number of allylic oxidation sites excluding steroid dienone is 1. The van der Waals surface area contributed by atoms with Crippen molar-refractivity contribution in [2.24, 2.45) is 23.7 Å². The van der Waals surface area contributed by atoms with Gasteiger partial charge in [-0.15, -0.1) is 5.06 Å². The molecule has 0 aromatic heterocycles. The van der Waals surface area contributed by atoms with Crippen molar-refractivity contribution >= 4 is 34.7 Å². The zero-order valence-electron chi connectivity index (χ0n) is 19.6. The number of hydrogen-bond donors (Lipinski definition) is 0. The molecule has 2 aliphatic heterocycles. The fourth-order valence-electron chi connectivity index (χ4n) is 7.61. The van der Waals surface area contributed by atoms with Crippen LogP contribution in [0.5, 0.6) is 0 Å². The van der Waals surface area contributed by atoms with Gasteiger partial charge in [-0.25, -0.2) is 4.79 Å². The van der Waals surface area contributed by atoms with E-state index in [0.717, 1.165) is 34.3 Å². The minimum Gasteiger partial charge on any atom is -0.329 e. The van der Waals surface area contributed by atoms with Gasteiger partial charge in [0.15, 0.2) is 0 Å². The molecular weight excluding hydrogens is 440 g/mol. The maximum atomic E-state index is 12.9. The number of rotatable bonds is 3. The molecule has 0 radical (unpaired) electrons. The summed E-state index contributed by atoms with van der Waals surface area (Å²) < 4.78 is 0. The van der Waals surface area contributed by atoms with E-state index < -0.39 is 17.8 Å². The lowest BCUT2D eigenvalue weighted by molar-refractivity contribution is -0.196. The number of hydroxylamine groups is 2. The van der Waals surface area contributed by atoms with Gasteiger partial charge in [0.2, 0.25) is 0 Å². The number of nitrogens with zero attached hydrogens (tertiary/aromatic N) is 2. The Morgan fingerprint density at radius 3 is 1.83 bits per heavy atom. The van der Waals surface area contributed by atoms with Gasteiger partial charge in [0.05, 0.1) is 0 Å². The maximum Gasteiger partial charge on any atom is 0.352 e. The van der Waals surface area contributed by atoms with Crippen LogP contribution in [0.15, 0.2) is 54.1 Å². The van der Waals surface area contributed by atoms with E-state index >= 15 is 0 Å². The molecule has 8 rings (SSSR count). The van der Waals surface area contributed by atoms with Crippen molar-refractivity contribution < 1.29 is 19.2 Å². The van der Waals surface area contributed by atoms with E-state index in [1.807, 2.05) is 17.0 Å². The highest BCUT2D eigenvalue weighted by Gasteiger charge is 2.47. The third kappa shape index (κ3) is 3.26. The minimum absolute atomic E-state index is 0.0787. The Balaban J connectivity index is 1.30. The molecule has 0 N–H and O–H groups in total. The Morgan fingerprint density at radius 2 is 1.29 bits per heavy atom. The quantitative estimate of drug-likeness (QED) is 0.593. The van der Waals surface area contributed by atoms with E-state index in [4.69, 9.17) is 4.84 Å². The minimum atomic E-state index is -0.621. The summed E-state index contributed by atoms with van der Waals surface area (Å²) in [6.45, 7) is -0.0787. The van der Waals surface area contributed by atoms with Crippen LogP contribution in [0.1, 0.15) is 56.1 Å². The third-order valence-corrected chi connectivity index (χ3v) is 8.72. The Bertz CT molecular complexity index is 1200. The largest absolute Gasteiger partial charge is 0.352 e. The maximum absolute atomic E-state index is 12.9. The molecule has 4 saturated carbocycles. The van der Waals surface area contributed by atoms with E-state index in [0.29, 0.717) is 16.9 Å². The number of benzene rings is 2. The number of fused-ring (bicyclic) bond motifs is 2. The Kier molecular flexibility index (Phi) is 4.66. The molecule has 2 aromatic rings. The van der Waals surface area contributed by atoms with Gasteiger partial charge >= 0.3 is 5.97 Å². The molecule has 6 aliphatic rings. The summed E-state index contributed by atoms with van der Waals surface area (Å²) in [6, 6.07) is 16.6. The molecule has 2 aromatic carbocycles. The van der Waals surface area contributed by atoms with Crippen LogP contribution in [0, 0.1) is 23.7 Å². The van der Waals surface area contributed by atoms with Crippen molar-refractivity contribution in [3.05, 3.63) is 65.2 Å². The summed E-state index contributed by atoms with van der Waals surface area (Å²) in [5.41, 5.74) is 7.26. The average molecular weight is 469 g/mol. The molecule has 35 heavy (non-hydrogen) atoms. The van der Waals surface area contributed by atoms with Gasteiger partial charge in [-0.2, -0.15) is 0 Å². The topological polar surface area (TPSA) is 66.9 Å². The highest BCUT2D eigenvalue weighted by molar-refractivity contribution is 6.03. The van der Waals surface area contributed by atoms with E-state index in [9.17, 15) is 14.4 Å². The van der Waals surface area contributed by atoms with Gasteiger partial charge in [-0.1, -0.05) is 42.0 Å². The van der Waals surface area contributed by atoms with E-state index in [1.165, 1.54) is 37.7 Å². The van der Waals surface area contributed by atoms with Gasteiger partial charge in [-0.05, 0) is 73.5 Å². The second kappa shape index (κ2) is 7.80. The molecule has 2 heterocycles. The second-order valence-electron chi connectivity index (χ2n) is 10.8. The fourth-order valence-corrected chi connectivity index (χ4v) is 7.61. The van der Waals surface area contributed by atoms with Crippen molar-refractivity contribution in [2.45, 2.75) is 44.9 Å². The van der Waals surface area contributed by atoms with Crippen molar-refractivity contribution in [2.75, 3.05) is 11.4 Å². The fraction of sp³-hybridized carbons (Fsp3) is 0.414. The van der Waals surface area contributed by atoms with Crippen LogP contribution in [0.2, 0.25) is 0 Å². The van der Waals surface area contributed by atoms with Crippen molar-refractivity contribution in [3.63, 3.8) is 0 Å². The lowest BCUT2D eigenvalue weighted by atomic mass is 9.53. The number of para-hydroxylation sites is 2. The highest BCUT2D eigenvalue weighted by Crippen LogP contribution is 2.60. The zero-order chi connectivity index (χ0) is 23.7. The van der Waals surface area contributed by atoms with Crippen LogP contribution in [0.4, 0.5) is 11.4 Å². The molecule has 5 fully saturated rings. The van der Waals surface area contributed by atoms with E-state index in [2.05, 4.69) is 36.4 Å². The van der Waals surface area contributed by atoms with Crippen LogP contribution in [0.3, 0.4) is 0 Å². The number of imide groups is 1. The lowest BCUT2D eigenvalue weighted by Gasteiger charge is -2.53. The molecule has 6 nitrogen and oxygen atoms in total. The first kappa shape index (κ1) is 20.9. The van der Waals surface area contributed by atoms with Crippen LogP contribution < -0.4 is 4.90 Å². The molecule has 0 spiro atoms. The summed E-state index contributed by atoms with van der Waals surface area (Å²) >= 11 is 0. The highest BCUT2D eigenvalue weighted by atomic mass is 16.7. The van der Waals surface area contributed by atoms with E-state index in [-0.39, 0.29) is 19.4 Å². The lowest BCUT2D eigenvalue weighted by Crippen LogP contribution is -2.41. The van der Waals surface area contributed by atoms with Gasteiger partial charge < -0.3 is 9.74 Å². The number of amides is 2. The van der Waals surface area contributed by atoms with Gasteiger partial charge in [0, 0.05) is 35.3 Å². The van der Waals surface area contributed by atoms with Gasteiger partial charge in [0.25, 0.3) is 11.8 Å². The molecule has 6 heteroatoms. The van der Waals surface area contributed by atoms with E-state index in [1.54, 1.807) is 5.57 Å². The first-order chi connectivity index (χ1) is 17.1. The van der Waals surface area contributed by atoms with Gasteiger partial charge in [-0.3, -0.25) is 9.59 Å². The van der Waals surface area contributed by atoms with Crippen LogP contribution in [-0.4, -0.2) is 29.4 Å². The van der Waals surface area contributed by atoms with Crippen molar-refractivity contribution in [1.82, 2.24) is 5.06 Å². The van der Waals surface area contributed by atoms with Crippen molar-refractivity contribution in [3.8, 4) is 0 Å². The smallest absolute Gasteiger partial charge is 0.329 e. The monoisotopic (exact) mass is 468 g/mol. The zero-order valence-corrected chi connectivity index (χ0v) is 19.6. The first-order valence-corrected chi connectivity index (χ1v) is 12.8. The molecule has 178 valence electrons. The molecule has 2 amide bonds. The normalized spacial score (nSPS) is 28.5. The summed E-state index contributed by atoms with van der Waals surface area (Å²) in [5, 5.41) is 0.631. The first-order valence-electron chi connectivity index (χ1n) is 12.8. The Labute approximate surface area is 204 Å². The third-order valence-electron chi connectivity index (χ3n) is 8.72. The predicted octanol–water partition coefficient (Wildman–Crippen LogP) is 5.00. The number of carbonyl (C=O) groups is 3. The Morgan fingerprint density at radius 1 is 0.771 bits per heavy atom. The van der Waals surface area contributed by atoms with Crippen LogP contribution in [-0.2, 0) is 19.2 Å². The SMILES string of the molecule is O=C(CN1c2ccccc2C(=C2C3CC4CC(C3)CC2C4)c2ccccc21)ON1C(=O)CCC1=O. The molecule has 0 atom stereocenters.